The average Bonchev–Trinajstić information content (AvgIpc) is 3.08. The zero-order valence-electron chi connectivity index (χ0n) is 16.7. The van der Waals surface area contributed by atoms with Crippen molar-refractivity contribution in [2.45, 2.75) is 50.0 Å². The molecule has 1 heterocycles. The second kappa shape index (κ2) is 9.55. The molecule has 1 aliphatic heterocycles. The summed E-state index contributed by atoms with van der Waals surface area (Å²) in [5.74, 6) is -0.258. The predicted octanol–water partition coefficient (Wildman–Crippen LogP) is 4.52. The van der Waals surface area contributed by atoms with Crippen LogP contribution in [0.25, 0.3) is 0 Å². The van der Waals surface area contributed by atoms with Gasteiger partial charge in [0.25, 0.3) is 0 Å². The highest BCUT2D eigenvalue weighted by molar-refractivity contribution is 7.89. The third-order valence-corrected chi connectivity index (χ3v) is 5.87. The third-order valence-electron chi connectivity index (χ3n) is 4.66. The van der Waals surface area contributed by atoms with Crippen LogP contribution >= 0.6 is 0 Å². The van der Waals surface area contributed by atoms with E-state index in [0.717, 1.165) is 30.0 Å². The van der Waals surface area contributed by atoms with Crippen LogP contribution in [0.2, 0.25) is 0 Å². The van der Waals surface area contributed by atoms with Gasteiger partial charge in [0.1, 0.15) is 11.6 Å². The molecule has 0 radical (unpaired) electrons. The van der Waals surface area contributed by atoms with Crippen LogP contribution in [0.1, 0.15) is 31.4 Å². The monoisotopic (exact) mass is 444 g/mol. The molecule has 1 N–H and O–H groups in total. The summed E-state index contributed by atoms with van der Waals surface area (Å²) in [7, 11) is 0. The minimum Gasteiger partial charge on any atom is -0.593 e. The number of benzene rings is 2. The number of ether oxygens (including phenoxy) is 1. The van der Waals surface area contributed by atoms with E-state index in [4.69, 9.17) is 4.74 Å². The Kier molecular flexibility index (Phi) is 7.28. The Morgan fingerprint density at radius 1 is 1.20 bits per heavy atom. The first-order valence-electron chi connectivity index (χ1n) is 9.64. The molecule has 1 saturated heterocycles. The number of nitrogens with one attached hydrogen (secondary N) is 1. The molecule has 2 aromatic carbocycles. The largest absolute Gasteiger partial charge is 0.593 e. The highest BCUT2D eigenvalue weighted by Crippen LogP contribution is 2.31. The molecule has 0 aromatic heterocycles. The molecular weight excluding hydrogens is 420 g/mol. The molecule has 1 aliphatic rings. The van der Waals surface area contributed by atoms with Gasteiger partial charge in [-0.2, -0.15) is 13.2 Å². The molecule has 3 rings (SSSR count). The van der Waals surface area contributed by atoms with E-state index in [9.17, 15) is 22.1 Å². The van der Waals surface area contributed by atoms with Gasteiger partial charge in [0.15, 0.2) is 4.90 Å². The Balaban J connectivity index is 1.55. The van der Waals surface area contributed by atoms with Gasteiger partial charge in [-0.15, -0.1) is 4.72 Å². The summed E-state index contributed by atoms with van der Waals surface area (Å²) < 4.78 is 73.0. The van der Waals surface area contributed by atoms with Gasteiger partial charge >= 0.3 is 6.18 Å². The van der Waals surface area contributed by atoms with E-state index < -0.39 is 28.9 Å². The summed E-state index contributed by atoms with van der Waals surface area (Å²) in [4.78, 5) is 1.95. The van der Waals surface area contributed by atoms with E-state index in [1.165, 1.54) is 0 Å². The number of hydrogen-bond acceptors (Lipinski definition) is 4. The molecule has 0 amide bonds. The number of alkyl halides is 3. The molecule has 0 saturated carbocycles. The lowest BCUT2D eigenvalue weighted by atomic mass is 10.2. The lowest BCUT2D eigenvalue weighted by Crippen LogP contribution is -2.37. The topological polar surface area (TPSA) is 47.6 Å². The van der Waals surface area contributed by atoms with Gasteiger partial charge in [0.2, 0.25) is 0 Å². The van der Waals surface area contributed by atoms with Crippen LogP contribution < -0.4 is 9.46 Å². The van der Waals surface area contributed by atoms with E-state index in [0.29, 0.717) is 25.6 Å². The van der Waals surface area contributed by atoms with Crippen LogP contribution in [0.3, 0.4) is 0 Å². The molecule has 164 valence electrons. The normalized spacial score (nSPS) is 18.7. The highest BCUT2D eigenvalue weighted by atomic mass is 32.2. The van der Waals surface area contributed by atoms with Crippen LogP contribution in [0.5, 0.6) is 5.75 Å². The predicted molar refractivity (Wildman–Crippen MR) is 107 cm³/mol. The van der Waals surface area contributed by atoms with Gasteiger partial charge in [0, 0.05) is 31.8 Å². The lowest BCUT2D eigenvalue weighted by Gasteiger charge is -2.18. The summed E-state index contributed by atoms with van der Waals surface area (Å²) in [6, 6.07) is 9.63. The van der Waals surface area contributed by atoms with E-state index in [2.05, 4.69) is 9.62 Å². The molecule has 30 heavy (non-hydrogen) atoms. The fourth-order valence-electron chi connectivity index (χ4n) is 3.33. The van der Waals surface area contributed by atoms with Crippen LogP contribution in [-0.4, -0.2) is 34.7 Å². The summed E-state index contributed by atoms with van der Waals surface area (Å²) in [6.07, 6.45) is -3.89. The number of rotatable bonds is 7. The molecule has 0 aliphatic carbocycles. The van der Waals surface area contributed by atoms with Crippen molar-refractivity contribution in [3.8, 4) is 5.75 Å². The molecule has 2 atom stereocenters. The van der Waals surface area contributed by atoms with Crippen LogP contribution in [0, 0.1) is 5.82 Å². The summed E-state index contributed by atoms with van der Waals surface area (Å²) in [5, 5.41) is 0. The Hall–Kier alpha value is -1.81. The Labute approximate surface area is 176 Å². The second-order valence-corrected chi connectivity index (χ2v) is 8.84. The molecular formula is C21H24F4N2O2S. The van der Waals surface area contributed by atoms with Gasteiger partial charge in [-0.05, 0) is 44.0 Å². The molecule has 1 fully saturated rings. The fraction of sp³-hybridized carbons (Fsp3) is 0.429. The number of hydrogen-bond donors (Lipinski definition) is 1. The maximum absolute atomic E-state index is 13.6. The Morgan fingerprint density at radius 2 is 1.90 bits per heavy atom. The Morgan fingerprint density at radius 3 is 2.53 bits per heavy atom. The quantitative estimate of drug-likeness (QED) is 0.504. The molecule has 0 bridgehead atoms. The van der Waals surface area contributed by atoms with Crippen molar-refractivity contribution in [3.63, 3.8) is 0 Å². The van der Waals surface area contributed by atoms with Crippen LogP contribution in [-0.2, 0) is 24.1 Å². The smallest absolute Gasteiger partial charge is 0.416 e. The zero-order valence-corrected chi connectivity index (χ0v) is 17.5. The Bertz CT molecular complexity index is 846. The first-order chi connectivity index (χ1) is 14.1. The molecule has 2 aromatic rings. The minimum atomic E-state index is -4.69. The van der Waals surface area contributed by atoms with Crippen molar-refractivity contribution >= 4 is 11.4 Å². The van der Waals surface area contributed by atoms with Crippen molar-refractivity contribution in [2.75, 3.05) is 13.1 Å². The first-order valence-corrected chi connectivity index (χ1v) is 10.8. The molecule has 0 unspecified atom stereocenters. The van der Waals surface area contributed by atoms with Gasteiger partial charge in [-0.25, -0.2) is 4.39 Å². The van der Waals surface area contributed by atoms with Crippen molar-refractivity contribution in [1.29, 1.82) is 0 Å². The number of nitrogens with zero attached hydrogens (tertiary/aromatic N) is 1. The van der Waals surface area contributed by atoms with Crippen molar-refractivity contribution in [3.05, 3.63) is 59.4 Å². The average molecular weight is 444 g/mol. The summed E-state index contributed by atoms with van der Waals surface area (Å²) in [6.45, 7) is 5.98. The van der Waals surface area contributed by atoms with Gasteiger partial charge in [0.05, 0.1) is 29.1 Å². The highest BCUT2D eigenvalue weighted by Gasteiger charge is 2.34. The van der Waals surface area contributed by atoms with E-state index in [1.54, 1.807) is 0 Å². The third kappa shape index (κ3) is 6.34. The van der Waals surface area contributed by atoms with E-state index in [-0.39, 0.29) is 17.0 Å². The van der Waals surface area contributed by atoms with Crippen molar-refractivity contribution in [2.24, 2.45) is 0 Å². The second-order valence-electron chi connectivity index (χ2n) is 7.59. The summed E-state index contributed by atoms with van der Waals surface area (Å²) >= 11 is -1.93. The summed E-state index contributed by atoms with van der Waals surface area (Å²) in [5.41, 5.74) is -0.0431. The van der Waals surface area contributed by atoms with Gasteiger partial charge in [-0.3, -0.25) is 4.90 Å². The van der Waals surface area contributed by atoms with E-state index in [1.807, 2.05) is 38.1 Å². The fourth-order valence-corrected chi connectivity index (χ4v) is 4.41. The van der Waals surface area contributed by atoms with Crippen molar-refractivity contribution < 1.29 is 26.9 Å². The standard InChI is InChI=1S/C21H24F4N2O2S/c1-14(2)29-19-5-3-15(4-6-19)12-27-8-7-18(13-27)26-30(28)20-10-16(21(23,24)25)9-17(22)11-20/h3-6,9-11,14,18,26H,7-8,12-13H2,1-2H3/t18-,30+/m1/s1. The number of likely N-dealkylation sites (tertiary alicyclic amines) is 1. The van der Waals surface area contributed by atoms with Gasteiger partial charge in [-0.1, -0.05) is 12.1 Å². The molecule has 9 heteroatoms. The first kappa shape index (κ1) is 22.9. The number of halogens is 4. The van der Waals surface area contributed by atoms with Crippen LogP contribution in [0.15, 0.2) is 47.4 Å². The zero-order chi connectivity index (χ0) is 21.9. The molecule has 0 spiro atoms. The lowest BCUT2D eigenvalue weighted by molar-refractivity contribution is -0.137. The maximum atomic E-state index is 13.6. The van der Waals surface area contributed by atoms with Crippen molar-refractivity contribution in [1.82, 2.24) is 9.62 Å². The van der Waals surface area contributed by atoms with Gasteiger partial charge < -0.3 is 9.29 Å². The maximum Gasteiger partial charge on any atom is 0.416 e. The van der Waals surface area contributed by atoms with E-state index >= 15 is 0 Å². The minimum absolute atomic E-state index is 0.104. The SMILES string of the molecule is CC(C)Oc1ccc(CN2CC[C@@H](N[S@@+]([O-])c3cc(F)cc(C(F)(F)F)c3)C2)cc1. The van der Waals surface area contributed by atoms with Crippen LogP contribution in [0.4, 0.5) is 17.6 Å². The molecule has 4 nitrogen and oxygen atoms in total.